The minimum absolute atomic E-state index is 0.000444. The fourth-order valence-corrected chi connectivity index (χ4v) is 11.1. The van der Waals surface area contributed by atoms with Gasteiger partial charge in [-0.2, -0.15) is 0 Å². The third-order valence-corrected chi connectivity index (χ3v) is 16.1. The van der Waals surface area contributed by atoms with Crippen molar-refractivity contribution in [2.24, 2.45) is 0 Å². The quantitative estimate of drug-likeness (QED) is 0.148. The molecule has 0 spiro atoms. The lowest BCUT2D eigenvalue weighted by atomic mass is 9.80. The van der Waals surface area contributed by atoms with Crippen LogP contribution >= 0.6 is 17.1 Å². The summed E-state index contributed by atoms with van der Waals surface area (Å²) in [4.78, 5) is 0. The number of piperazine rings is 1. The van der Waals surface area contributed by atoms with Crippen LogP contribution in [0.1, 0.15) is 211 Å². The SMILES string of the molecule is CC(C)(C)c1ccc(OP(Oc2ccc(C(C)(C)C)cc2C(C)(C)C)N2CCN(P(Oc3ccc(C(C)(C)C)cc3C(C)(C)C)Oc3ccc(C(C)(C)C)cc3C(C)(C)C)CC2)c(C(C)(C)C)c1. The highest BCUT2D eigenvalue weighted by Gasteiger charge is 2.39. The Labute approximate surface area is 418 Å². The fourth-order valence-electron chi connectivity index (χ4n) is 8.27. The normalized spacial score (nSPS) is 15.6. The topological polar surface area (TPSA) is 43.4 Å². The van der Waals surface area contributed by atoms with Crippen LogP contribution in [0.4, 0.5) is 0 Å². The number of nitrogens with zero attached hydrogens (tertiary/aromatic N) is 2. The molecule has 1 aliphatic heterocycles. The highest BCUT2D eigenvalue weighted by atomic mass is 31.2. The van der Waals surface area contributed by atoms with E-state index in [-0.39, 0.29) is 43.3 Å². The maximum atomic E-state index is 7.31. The summed E-state index contributed by atoms with van der Waals surface area (Å²) < 4.78 is 34.1. The van der Waals surface area contributed by atoms with Crippen LogP contribution in [-0.2, 0) is 43.3 Å². The third-order valence-electron chi connectivity index (χ3n) is 13.0. The van der Waals surface area contributed by atoms with Gasteiger partial charge in [0.15, 0.2) is 0 Å². The predicted octanol–water partition coefficient (Wildman–Crippen LogP) is 17.8. The van der Waals surface area contributed by atoms with E-state index < -0.39 is 17.1 Å². The Morgan fingerprint density at radius 1 is 0.279 bits per heavy atom. The minimum Gasteiger partial charge on any atom is -0.427 e. The molecule has 1 saturated heterocycles. The van der Waals surface area contributed by atoms with Gasteiger partial charge in [0.1, 0.15) is 23.0 Å². The molecular formula is C60H92N2O4P2. The number of rotatable bonds is 10. The van der Waals surface area contributed by atoms with E-state index in [9.17, 15) is 0 Å². The molecule has 1 aliphatic rings. The van der Waals surface area contributed by atoms with E-state index in [0.717, 1.165) is 23.0 Å². The van der Waals surface area contributed by atoms with E-state index in [1.807, 2.05) is 0 Å². The largest absolute Gasteiger partial charge is 0.427 e. The molecule has 0 N–H and O–H groups in total. The van der Waals surface area contributed by atoms with Crippen LogP contribution < -0.4 is 18.1 Å². The van der Waals surface area contributed by atoms with E-state index in [1.54, 1.807) is 0 Å². The average Bonchev–Trinajstić information content (AvgIpc) is 3.17. The van der Waals surface area contributed by atoms with Crippen LogP contribution in [0.5, 0.6) is 23.0 Å². The molecule has 0 saturated carbocycles. The molecule has 4 aromatic carbocycles. The molecule has 0 unspecified atom stereocenters. The molecule has 1 heterocycles. The first kappa shape index (κ1) is 55.8. The third kappa shape index (κ3) is 14.0. The average molecular weight is 967 g/mol. The van der Waals surface area contributed by atoms with Crippen molar-refractivity contribution in [1.82, 2.24) is 9.34 Å². The fraction of sp³-hybridized carbons (Fsp3) is 0.600. The molecule has 4 aromatic rings. The minimum atomic E-state index is -1.61. The van der Waals surface area contributed by atoms with Gasteiger partial charge in [-0.25, -0.2) is 9.34 Å². The smallest absolute Gasteiger partial charge is 0.384 e. The van der Waals surface area contributed by atoms with Crippen molar-refractivity contribution >= 4 is 17.1 Å². The maximum absolute atomic E-state index is 7.31. The first-order chi connectivity index (χ1) is 30.7. The van der Waals surface area contributed by atoms with E-state index in [4.69, 9.17) is 18.1 Å². The van der Waals surface area contributed by atoms with Crippen molar-refractivity contribution in [1.29, 1.82) is 0 Å². The lowest BCUT2D eigenvalue weighted by molar-refractivity contribution is 0.235. The maximum Gasteiger partial charge on any atom is 0.384 e. The van der Waals surface area contributed by atoms with Crippen LogP contribution in [0.25, 0.3) is 0 Å². The van der Waals surface area contributed by atoms with Gasteiger partial charge < -0.3 is 18.1 Å². The molecule has 8 heteroatoms. The van der Waals surface area contributed by atoms with E-state index >= 15 is 0 Å². The van der Waals surface area contributed by atoms with Crippen molar-refractivity contribution in [3.63, 3.8) is 0 Å². The lowest BCUT2D eigenvalue weighted by Crippen LogP contribution is -2.44. The van der Waals surface area contributed by atoms with Crippen molar-refractivity contribution < 1.29 is 18.1 Å². The number of hydrogen-bond donors (Lipinski definition) is 0. The van der Waals surface area contributed by atoms with Crippen LogP contribution in [-0.4, -0.2) is 35.5 Å². The lowest BCUT2D eigenvalue weighted by Gasteiger charge is -2.40. The second-order valence-corrected chi connectivity index (χ2v) is 30.4. The Morgan fingerprint density at radius 2 is 0.456 bits per heavy atom. The Morgan fingerprint density at radius 3 is 0.603 bits per heavy atom. The van der Waals surface area contributed by atoms with E-state index in [1.165, 1.54) is 44.5 Å². The van der Waals surface area contributed by atoms with Gasteiger partial charge in [-0.05, 0) is 89.8 Å². The summed E-state index contributed by atoms with van der Waals surface area (Å²) in [6.07, 6.45) is 0. The zero-order chi connectivity index (χ0) is 51.4. The van der Waals surface area contributed by atoms with Gasteiger partial charge in [0.2, 0.25) is 0 Å². The van der Waals surface area contributed by atoms with Crippen LogP contribution in [0.3, 0.4) is 0 Å². The van der Waals surface area contributed by atoms with Crippen LogP contribution in [0, 0.1) is 0 Å². The van der Waals surface area contributed by atoms with Gasteiger partial charge in [-0.1, -0.05) is 215 Å². The molecular weight excluding hydrogens is 875 g/mol. The molecule has 68 heavy (non-hydrogen) atoms. The zero-order valence-corrected chi connectivity index (χ0v) is 49.0. The van der Waals surface area contributed by atoms with Crippen molar-refractivity contribution in [3.05, 3.63) is 117 Å². The number of hydrogen-bond acceptors (Lipinski definition) is 6. The Bertz CT molecular complexity index is 2040. The summed E-state index contributed by atoms with van der Waals surface area (Å²) in [5, 5.41) is 0. The van der Waals surface area contributed by atoms with Crippen LogP contribution in [0.2, 0.25) is 0 Å². The van der Waals surface area contributed by atoms with Crippen molar-refractivity contribution in [2.45, 2.75) is 209 Å². The summed E-state index contributed by atoms with van der Waals surface area (Å²) in [6, 6.07) is 27.0. The molecule has 0 amide bonds. The second-order valence-electron chi connectivity index (χ2n) is 27.6. The van der Waals surface area contributed by atoms with Gasteiger partial charge in [-0.3, -0.25) is 0 Å². The summed E-state index contributed by atoms with van der Waals surface area (Å²) in [5.74, 6) is 3.49. The molecule has 1 fully saturated rings. The van der Waals surface area contributed by atoms with Crippen LogP contribution in [0.15, 0.2) is 72.8 Å². The second kappa shape index (κ2) is 19.8. The summed E-state index contributed by atoms with van der Waals surface area (Å²) in [6.45, 7) is 57.4. The van der Waals surface area contributed by atoms with Gasteiger partial charge in [-0.15, -0.1) is 0 Å². The molecule has 0 aliphatic carbocycles. The van der Waals surface area contributed by atoms with E-state index in [0.29, 0.717) is 26.2 Å². The molecule has 0 atom stereocenters. The Balaban J connectivity index is 1.60. The first-order valence-electron chi connectivity index (χ1n) is 25.2. The van der Waals surface area contributed by atoms with Gasteiger partial charge in [0.25, 0.3) is 0 Å². The molecule has 5 rings (SSSR count). The van der Waals surface area contributed by atoms with Crippen molar-refractivity contribution in [3.8, 4) is 23.0 Å². The van der Waals surface area contributed by atoms with Crippen molar-refractivity contribution in [2.75, 3.05) is 26.2 Å². The molecule has 0 bridgehead atoms. The molecule has 376 valence electrons. The molecule has 0 aromatic heterocycles. The molecule has 0 radical (unpaired) electrons. The molecule has 6 nitrogen and oxygen atoms in total. The predicted molar refractivity (Wildman–Crippen MR) is 295 cm³/mol. The zero-order valence-electron chi connectivity index (χ0n) is 47.2. The Kier molecular flexibility index (Phi) is 16.3. The summed E-state index contributed by atoms with van der Waals surface area (Å²) >= 11 is 0. The monoisotopic (exact) mass is 967 g/mol. The standard InChI is InChI=1S/C60H92N2O4P2/c1-53(2,3)41-25-29-49(45(37-41)57(13,14)15)63-67(64-50-30-26-42(54(4,5)6)38-46(50)58(16,17)18)61-33-35-62(36-34-61)68(65-51-31-27-43(55(7,8)9)39-47(51)59(19,20)21)66-52-32-28-44(56(10,11)12)40-48(52)60(22,23)24/h25-32,37-40H,33-36H2,1-24H3. The first-order valence-corrected chi connectivity index (χ1v) is 27.4. The number of benzene rings is 4. The van der Waals surface area contributed by atoms with E-state index in [2.05, 4.69) is 248 Å². The van der Waals surface area contributed by atoms with Gasteiger partial charge >= 0.3 is 17.1 Å². The summed E-state index contributed by atoms with van der Waals surface area (Å²) in [7, 11) is -3.21. The Hall–Kier alpha value is -3.14. The highest BCUT2D eigenvalue weighted by Crippen LogP contribution is 2.54. The van der Waals surface area contributed by atoms with Gasteiger partial charge in [0.05, 0.1) is 0 Å². The summed E-state index contributed by atoms with van der Waals surface area (Å²) in [5.41, 5.74) is 9.29. The highest BCUT2D eigenvalue weighted by molar-refractivity contribution is 7.46. The van der Waals surface area contributed by atoms with Gasteiger partial charge in [0, 0.05) is 48.4 Å².